The first-order chi connectivity index (χ1) is 8.67. The summed E-state index contributed by atoms with van der Waals surface area (Å²) in [6, 6.07) is 6.56. The Balaban J connectivity index is 1.94. The maximum Gasteiger partial charge on any atom is 0.418 e. The number of nitrogens with zero attached hydrogens (tertiary/aromatic N) is 1. The molecule has 94 valence electrons. The van der Waals surface area contributed by atoms with Crippen LogP contribution in [0.25, 0.3) is 0 Å². The van der Waals surface area contributed by atoms with Gasteiger partial charge in [-0.2, -0.15) is 0 Å². The molecule has 0 aliphatic rings. The lowest BCUT2D eigenvalue weighted by atomic mass is 10.3. The van der Waals surface area contributed by atoms with E-state index in [9.17, 15) is 4.79 Å². The van der Waals surface area contributed by atoms with Crippen molar-refractivity contribution in [1.29, 1.82) is 0 Å². The first-order valence-electron chi connectivity index (χ1n) is 5.36. The van der Waals surface area contributed by atoms with Gasteiger partial charge < -0.3 is 4.74 Å². The summed E-state index contributed by atoms with van der Waals surface area (Å²) in [4.78, 5) is 15.8. The summed E-state index contributed by atoms with van der Waals surface area (Å²) in [5.74, 6) is 0.434. The zero-order valence-electron chi connectivity index (χ0n) is 9.64. The Morgan fingerprint density at radius 3 is 2.78 bits per heavy atom. The van der Waals surface area contributed by atoms with Crippen molar-refractivity contribution < 1.29 is 9.53 Å². The van der Waals surface area contributed by atoms with E-state index in [1.807, 2.05) is 12.3 Å². The predicted octanol–water partition coefficient (Wildman–Crippen LogP) is 3.97. The zero-order chi connectivity index (χ0) is 13.0. The molecule has 0 atom stereocenters. The number of benzene rings is 1. The fourth-order valence-corrected chi connectivity index (χ4v) is 2.15. The van der Waals surface area contributed by atoms with Crippen molar-refractivity contribution in [1.82, 2.24) is 4.98 Å². The minimum Gasteiger partial charge on any atom is -0.410 e. The fraction of sp³-hybridized carbons (Fsp3) is 0.167. The number of thiazole rings is 1. The van der Waals surface area contributed by atoms with E-state index in [2.05, 4.69) is 10.3 Å². The average Bonchev–Trinajstić information content (AvgIpc) is 2.79. The molecule has 1 aromatic carbocycles. The third-order valence-electron chi connectivity index (χ3n) is 2.15. The molecule has 2 rings (SSSR count). The second kappa shape index (κ2) is 5.84. The molecule has 0 fully saturated rings. The van der Waals surface area contributed by atoms with Gasteiger partial charge in [-0.25, -0.2) is 9.78 Å². The highest BCUT2D eigenvalue weighted by Gasteiger charge is 2.08. The van der Waals surface area contributed by atoms with E-state index in [-0.39, 0.29) is 0 Å². The fourth-order valence-electron chi connectivity index (χ4n) is 1.25. The molecule has 6 heteroatoms. The summed E-state index contributed by atoms with van der Waals surface area (Å²) in [5.41, 5.74) is 0.946. The normalized spacial score (nSPS) is 10.1. The highest BCUT2D eigenvalue weighted by Crippen LogP contribution is 2.18. The Morgan fingerprint density at radius 1 is 1.44 bits per heavy atom. The maximum absolute atomic E-state index is 11.6. The average molecular weight is 283 g/mol. The van der Waals surface area contributed by atoms with Gasteiger partial charge in [-0.05, 0) is 30.7 Å². The van der Waals surface area contributed by atoms with Crippen molar-refractivity contribution in [3.05, 3.63) is 40.4 Å². The number of carbonyl (C=O) groups excluding carboxylic acids is 1. The standard InChI is InChI=1S/C12H11ClN2O2S/c1-2-9-7-18-11(14-9)15-12(16)17-10-5-3-8(13)4-6-10/h3-7H,2H2,1H3,(H,14,15,16). The van der Waals surface area contributed by atoms with E-state index < -0.39 is 6.09 Å². The van der Waals surface area contributed by atoms with Gasteiger partial charge in [0.15, 0.2) is 5.13 Å². The molecule has 0 unspecified atom stereocenters. The first kappa shape index (κ1) is 12.9. The number of anilines is 1. The van der Waals surface area contributed by atoms with Gasteiger partial charge in [0.1, 0.15) is 5.75 Å². The third kappa shape index (κ3) is 3.45. The number of amides is 1. The Morgan fingerprint density at radius 2 is 2.17 bits per heavy atom. The SMILES string of the molecule is CCc1csc(NC(=O)Oc2ccc(Cl)cc2)n1. The van der Waals surface area contributed by atoms with Gasteiger partial charge in [-0.15, -0.1) is 11.3 Å². The molecule has 1 aromatic heterocycles. The molecule has 0 aliphatic heterocycles. The zero-order valence-corrected chi connectivity index (χ0v) is 11.2. The molecule has 1 N–H and O–H groups in total. The molecule has 0 saturated heterocycles. The number of carbonyl (C=O) groups is 1. The van der Waals surface area contributed by atoms with Gasteiger partial charge in [-0.3, -0.25) is 5.32 Å². The molecule has 0 aliphatic carbocycles. The molecule has 4 nitrogen and oxygen atoms in total. The second-order valence-electron chi connectivity index (χ2n) is 3.47. The maximum atomic E-state index is 11.6. The van der Waals surface area contributed by atoms with Crippen LogP contribution in [0.3, 0.4) is 0 Å². The van der Waals surface area contributed by atoms with Crippen LogP contribution in [0.4, 0.5) is 9.93 Å². The molecule has 1 heterocycles. The Bertz CT molecular complexity index is 539. The van der Waals surface area contributed by atoms with Crippen LogP contribution in [0.15, 0.2) is 29.6 Å². The highest BCUT2D eigenvalue weighted by atomic mass is 35.5. The Kier molecular flexibility index (Phi) is 4.17. The van der Waals surface area contributed by atoms with E-state index in [1.54, 1.807) is 24.3 Å². The van der Waals surface area contributed by atoms with Crippen LogP contribution in [-0.4, -0.2) is 11.1 Å². The van der Waals surface area contributed by atoms with E-state index in [1.165, 1.54) is 11.3 Å². The number of aromatic nitrogens is 1. The van der Waals surface area contributed by atoms with Crippen LogP contribution < -0.4 is 10.1 Å². The molecule has 0 saturated carbocycles. The number of hydrogen-bond donors (Lipinski definition) is 1. The van der Waals surface area contributed by atoms with Crippen LogP contribution in [0, 0.1) is 0 Å². The van der Waals surface area contributed by atoms with Crippen LogP contribution in [-0.2, 0) is 6.42 Å². The molecule has 0 radical (unpaired) electrons. The predicted molar refractivity (Wildman–Crippen MR) is 72.6 cm³/mol. The molecule has 0 spiro atoms. The summed E-state index contributed by atoms with van der Waals surface area (Å²) in [7, 11) is 0. The molecular formula is C12H11ClN2O2S. The largest absolute Gasteiger partial charge is 0.418 e. The Hall–Kier alpha value is -1.59. The van der Waals surface area contributed by atoms with Crippen LogP contribution in [0.1, 0.15) is 12.6 Å². The topological polar surface area (TPSA) is 51.2 Å². The van der Waals surface area contributed by atoms with Gasteiger partial charge in [0.05, 0.1) is 5.69 Å². The third-order valence-corrected chi connectivity index (χ3v) is 3.21. The first-order valence-corrected chi connectivity index (χ1v) is 6.62. The van der Waals surface area contributed by atoms with E-state index in [4.69, 9.17) is 16.3 Å². The van der Waals surface area contributed by atoms with Crippen molar-refractivity contribution in [3.63, 3.8) is 0 Å². The highest BCUT2D eigenvalue weighted by molar-refractivity contribution is 7.13. The molecule has 0 bridgehead atoms. The monoisotopic (exact) mass is 282 g/mol. The van der Waals surface area contributed by atoms with Crippen LogP contribution in [0.5, 0.6) is 5.75 Å². The van der Waals surface area contributed by atoms with Gasteiger partial charge in [-0.1, -0.05) is 18.5 Å². The van der Waals surface area contributed by atoms with Crippen molar-refractivity contribution in [2.45, 2.75) is 13.3 Å². The lowest BCUT2D eigenvalue weighted by molar-refractivity contribution is 0.215. The van der Waals surface area contributed by atoms with Gasteiger partial charge in [0, 0.05) is 10.4 Å². The second-order valence-corrected chi connectivity index (χ2v) is 4.76. The summed E-state index contributed by atoms with van der Waals surface area (Å²) in [5, 5.41) is 5.60. The van der Waals surface area contributed by atoms with E-state index >= 15 is 0 Å². The lowest BCUT2D eigenvalue weighted by Crippen LogP contribution is -2.16. The molecule has 2 aromatic rings. The minimum atomic E-state index is -0.561. The van der Waals surface area contributed by atoms with E-state index in [0.29, 0.717) is 15.9 Å². The van der Waals surface area contributed by atoms with Crippen molar-refractivity contribution in [3.8, 4) is 5.75 Å². The van der Waals surface area contributed by atoms with Gasteiger partial charge in [0.2, 0.25) is 0 Å². The quantitative estimate of drug-likeness (QED) is 0.927. The lowest BCUT2D eigenvalue weighted by Gasteiger charge is -2.03. The number of ether oxygens (including phenoxy) is 1. The number of rotatable bonds is 3. The Labute approximate surface area is 114 Å². The van der Waals surface area contributed by atoms with Crippen molar-refractivity contribution in [2.75, 3.05) is 5.32 Å². The summed E-state index contributed by atoms with van der Waals surface area (Å²) >= 11 is 7.10. The van der Waals surface area contributed by atoms with Crippen molar-refractivity contribution in [2.24, 2.45) is 0 Å². The van der Waals surface area contributed by atoms with Crippen LogP contribution >= 0.6 is 22.9 Å². The van der Waals surface area contributed by atoms with Crippen molar-refractivity contribution >= 4 is 34.2 Å². The summed E-state index contributed by atoms with van der Waals surface area (Å²) in [6.07, 6.45) is 0.277. The summed E-state index contributed by atoms with van der Waals surface area (Å²) < 4.78 is 5.07. The van der Waals surface area contributed by atoms with Gasteiger partial charge in [0.25, 0.3) is 0 Å². The number of nitrogens with one attached hydrogen (secondary N) is 1. The molecular weight excluding hydrogens is 272 g/mol. The number of halogens is 1. The van der Waals surface area contributed by atoms with E-state index in [0.717, 1.165) is 12.1 Å². The van der Waals surface area contributed by atoms with Crippen LogP contribution in [0.2, 0.25) is 5.02 Å². The number of aryl methyl sites for hydroxylation is 1. The molecule has 18 heavy (non-hydrogen) atoms. The number of hydrogen-bond acceptors (Lipinski definition) is 4. The smallest absolute Gasteiger partial charge is 0.410 e. The van der Waals surface area contributed by atoms with Gasteiger partial charge >= 0.3 is 6.09 Å². The summed E-state index contributed by atoms with van der Waals surface area (Å²) in [6.45, 7) is 2.00. The minimum absolute atomic E-state index is 0.434. The molecule has 1 amide bonds.